The zero-order valence-corrected chi connectivity index (χ0v) is 13.3. The molecule has 0 atom stereocenters. The van der Waals surface area contributed by atoms with Crippen molar-refractivity contribution in [2.24, 2.45) is 0 Å². The second kappa shape index (κ2) is 5.12. The fourth-order valence-corrected chi connectivity index (χ4v) is 3.43. The quantitative estimate of drug-likeness (QED) is 0.686. The number of aromatic nitrogens is 1. The van der Waals surface area contributed by atoms with Gasteiger partial charge in [-0.1, -0.05) is 18.5 Å². The minimum absolute atomic E-state index is 0.546. The molecule has 2 rings (SSSR count). The fraction of sp³-hybridized carbons (Fsp3) is 0.250. The Morgan fingerprint density at radius 1 is 1.29 bits per heavy atom. The van der Waals surface area contributed by atoms with Gasteiger partial charge in [-0.05, 0) is 56.0 Å². The minimum atomic E-state index is 0.546. The van der Waals surface area contributed by atoms with Crippen LogP contribution in [0.4, 0.5) is 0 Å². The Morgan fingerprint density at radius 3 is 2.59 bits per heavy atom. The SMILES string of the molecule is CCc1cc2c(OC)c(Br)cc(Br)c2nc1Cl. The van der Waals surface area contributed by atoms with E-state index in [1.54, 1.807) is 7.11 Å². The molecule has 0 spiro atoms. The summed E-state index contributed by atoms with van der Waals surface area (Å²) in [6.45, 7) is 2.05. The van der Waals surface area contributed by atoms with Gasteiger partial charge in [-0.3, -0.25) is 0 Å². The average Bonchev–Trinajstić information content (AvgIpc) is 2.30. The van der Waals surface area contributed by atoms with Crippen molar-refractivity contribution in [3.63, 3.8) is 0 Å². The molecule has 5 heteroatoms. The third-order valence-corrected chi connectivity index (χ3v) is 4.10. The molecule has 90 valence electrons. The number of halogens is 3. The van der Waals surface area contributed by atoms with Gasteiger partial charge in [0.2, 0.25) is 0 Å². The average molecular weight is 379 g/mol. The van der Waals surface area contributed by atoms with Gasteiger partial charge < -0.3 is 4.74 Å². The van der Waals surface area contributed by atoms with Gasteiger partial charge in [-0.15, -0.1) is 0 Å². The van der Waals surface area contributed by atoms with Gasteiger partial charge in [0, 0.05) is 9.86 Å². The summed E-state index contributed by atoms with van der Waals surface area (Å²) in [5, 5.41) is 1.50. The maximum absolute atomic E-state index is 6.13. The van der Waals surface area contributed by atoms with Crippen LogP contribution in [0.25, 0.3) is 10.9 Å². The minimum Gasteiger partial charge on any atom is -0.495 e. The molecule has 17 heavy (non-hydrogen) atoms. The first-order valence-electron chi connectivity index (χ1n) is 5.09. The van der Waals surface area contributed by atoms with E-state index in [0.29, 0.717) is 5.15 Å². The smallest absolute Gasteiger partial charge is 0.142 e. The van der Waals surface area contributed by atoms with Crippen LogP contribution in [0.5, 0.6) is 5.75 Å². The van der Waals surface area contributed by atoms with Crippen molar-refractivity contribution in [2.75, 3.05) is 7.11 Å². The predicted molar refractivity (Wildman–Crippen MR) is 78.1 cm³/mol. The molecular weight excluding hydrogens is 369 g/mol. The summed E-state index contributed by atoms with van der Waals surface area (Å²) in [6, 6.07) is 3.94. The van der Waals surface area contributed by atoms with E-state index < -0.39 is 0 Å². The molecule has 0 aliphatic rings. The van der Waals surface area contributed by atoms with Crippen LogP contribution in [0.2, 0.25) is 5.15 Å². The van der Waals surface area contributed by atoms with E-state index in [1.165, 1.54) is 0 Å². The van der Waals surface area contributed by atoms with Crippen LogP contribution in [-0.4, -0.2) is 12.1 Å². The van der Waals surface area contributed by atoms with Gasteiger partial charge in [0.05, 0.1) is 17.1 Å². The lowest BCUT2D eigenvalue weighted by Crippen LogP contribution is -1.93. The predicted octanol–water partition coefficient (Wildman–Crippen LogP) is 4.98. The number of fused-ring (bicyclic) bond motifs is 1. The Bertz CT molecular complexity index is 586. The lowest BCUT2D eigenvalue weighted by molar-refractivity contribution is 0.417. The fourth-order valence-electron chi connectivity index (χ4n) is 1.72. The van der Waals surface area contributed by atoms with E-state index in [2.05, 4.69) is 36.8 Å². The van der Waals surface area contributed by atoms with Crippen molar-refractivity contribution >= 4 is 54.4 Å². The molecule has 0 amide bonds. The molecule has 1 aromatic carbocycles. The highest BCUT2D eigenvalue weighted by atomic mass is 79.9. The van der Waals surface area contributed by atoms with Crippen molar-refractivity contribution in [1.82, 2.24) is 4.98 Å². The van der Waals surface area contributed by atoms with E-state index in [-0.39, 0.29) is 0 Å². The van der Waals surface area contributed by atoms with Crippen LogP contribution in [0.3, 0.4) is 0 Å². The van der Waals surface area contributed by atoms with Gasteiger partial charge in [-0.25, -0.2) is 4.98 Å². The molecule has 0 bridgehead atoms. The molecule has 0 aliphatic heterocycles. The summed E-state index contributed by atoms with van der Waals surface area (Å²) in [4.78, 5) is 4.41. The lowest BCUT2D eigenvalue weighted by Gasteiger charge is -2.11. The van der Waals surface area contributed by atoms with E-state index >= 15 is 0 Å². The molecule has 0 N–H and O–H groups in total. The van der Waals surface area contributed by atoms with Crippen molar-refractivity contribution in [3.8, 4) is 5.75 Å². The molecule has 0 saturated carbocycles. The maximum atomic E-state index is 6.13. The highest BCUT2D eigenvalue weighted by Gasteiger charge is 2.13. The first-order chi connectivity index (χ1) is 8.08. The topological polar surface area (TPSA) is 22.1 Å². The molecule has 2 aromatic rings. The Morgan fingerprint density at radius 2 is 2.00 bits per heavy atom. The van der Waals surface area contributed by atoms with Crippen LogP contribution in [0.15, 0.2) is 21.1 Å². The van der Waals surface area contributed by atoms with Gasteiger partial charge in [0.1, 0.15) is 10.9 Å². The van der Waals surface area contributed by atoms with E-state index in [4.69, 9.17) is 16.3 Å². The molecular formula is C12H10Br2ClNO. The number of nitrogens with zero attached hydrogens (tertiary/aromatic N) is 1. The molecule has 0 unspecified atom stereocenters. The second-order valence-corrected chi connectivity index (χ2v) is 5.63. The molecule has 0 radical (unpaired) electrons. The van der Waals surface area contributed by atoms with Gasteiger partial charge in [0.15, 0.2) is 0 Å². The zero-order valence-electron chi connectivity index (χ0n) is 9.35. The highest BCUT2D eigenvalue weighted by Crippen LogP contribution is 2.38. The zero-order chi connectivity index (χ0) is 12.6. The summed E-state index contributed by atoms with van der Waals surface area (Å²) in [5.74, 6) is 0.780. The van der Waals surface area contributed by atoms with Gasteiger partial charge in [-0.2, -0.15) is 0 Å². The summed E-state index contributed by atoms with van der Waals surface area (Å²) >= 11 is 13.1. The second-order valence-electron chi connectivity index (χ2n) is 3.56. The summed E-state index contributed by atoms with van der Waals surface area (Å²) in [7, 11) is 1.65. The summed E-state index contributed by atoms with van der Waals surface area (Å²) in [6.07, 6.45) is 0.842. The molecule has 1 heterocycles. The number of methoxy groups -OCH3 is 1. The van der Waals surface area contributed by atoms with E-state index in [9.17, 15) is 0 Å². The Kier molecular flexibility index (Phi) is 3.95. The standard InChI is InChI=1S/C12H10Br2ClNO/c1-3-6-4-7-10(16-12(6)15)8(13)5-9(14)11(7)17-2/h4-5H,3H2,1-2H3. The molecule has 1 aromatic heterocycles. The number of pyridine rings is 1. The number of ether oxygens (including phenoxy) is 1. The summed E-state index contributed by atoms with van der Waals surface area (Å²) < 4.78 is 7.19. The van der Waals surface area contributed by atoms with E-state index in [1.807, 2.05) is 19.1 Å². The van der Waals surface area contributed by atoms with Crippen molar-refractivity contribution in [1.29, 1.82) is 0 Å². The normalized spacial score (nSPS) is 10.9. The van der Waals surface area contributed by atoms with Crippen LogP contribution in [-0.2, 0) is 6.42 Å². The number of aryl methyl sites for hydroxylation is 1. The van der Waals surface area contributed by atoms with Gasteiger partial charge >= 0.3 is 0 Å². The van der Waals surface area contributed by atoms with Crippen molar-refractivity contribution in [2.45, 2.75) is 13.3 Å². The summed E-state index contributed by atoms with van der Waals surface area (Å²) in [5.41, 5.74) is 1.83. The first kappa shape index (κ1) is 13.1. The molecule has 0 fully saturated rings. The number of hydrogen-bond donors (Lipinski definition) is 0. The van der Waals surface area contributed by atoms with Crippen LogP contribution in [0, 0.1) is 0 Å². The third kappa shape index (κ3) is 2.30. The van der Waals surface area contributed by atoms with Crippen molar-refractivity contribution < 1.29 is 4.74 Å². The van der Waals surface area contributed by atoms with E-state index in [0.717, 1.165) is 37.6 Å². The highest BCUT2D eigenvalue weighted by molar-refractivity contribution is 9.11. The largest absolute Gasteiger partial charge is 0.495 e. The first-order valence-corrected chi connectivity index (χ1v) is 7.06. The Labute approximate surface area is 122 Å². The lowest BCUT2D eigenvalue weighted by atomic mass is 10.1. The third-order valence-electron chi connectivity index (χ3n) is 2.57. The number of hydrogen-bond acceptors (Lipinski definition) is 2. The van der Waals surface area contributed by atoms with Gasteiger partial charge in [0.25, 0.3) is 0 Å². The van der Waals surface area contributed by atoms with Crippen molar-refractivity contribution in [3.05, 3.63) is 31.8 Å². The molecule has 0 aliphatic carbocycles. The Balaban J connectivity index is 2.89. The van der Waals surface area contributed by atoms with Crippen LogP contribution >= 0.6 is 43.5 Å². The number of benzene rings is 1. The Hall–Kier alpha value is -0.320. The van der Waals surface area contributed by atoms with Crippen LogP contribution < -0.4 is 4.74 Å². The van der Waals surface area contributed by atoms with Crippen LogP contribution in [0.1, 0.15) is 12.5 Å². The number of rotatable bonds is 2. The maximum Gasteiger partial charge on any atom is 0.142 e. The molecule has 0 saturated heterocycles. The molecule has 2 nitrogen and oxygen atoms in total. The monoisotopic (exact) mass is 377 g/mol.